The van der Waals surface area contributed by atoms with E-state index in [4.69, 9.17) is 27.9 Å². The second kappa shape index (κ2) is 8.92. The van der Waals surface area contributed by atoms with Crippen molar-refractivity contribution in [2.45, 2.75) is 19.4 Å². The van der Waals surface area contributed by atoms with Gasteiger partial charge in [0.05, 0.1) is 22.2 Å². The minimum absolute atomic E-state index is 0.166. The van der Waals surface area contributed by atoms with Gasteiger partial charge in [0.25, 0.3) is 0 Å². The zero-order valence-corrected chi connectivity index (χ0v) is 15.1. The Morgan fingerprint density at radius 3 is 2.46 bits per heavy atom. The molecule has 0 spiro atoms. The van der Waals surface area contributed by atoms with Crippen molar-refractivity contribution in [3.63, 3.8) is 0 Å². The standard InChI is InChI=1S/C18H20Cl2N2O2/c1-12(11-21-2)24-17(23)10-13-6-3-4-9-16(13)22-18-14(19)7-5-8-15(18)20/h3-9,12,21-22H,10-11H2,1-2H3. The number of nitrogens with one attached hydrogen (secondary N) is 2. The summed E-state index contributed by atoms with van der Waals surface area (Å²) in [6.07, 6.45) is -0.0140. The molecule has 4 nitrogen and oxygen atoms in total. The van der Waals surface area contributed by atoms with Gasteiger partial charge in [0.15, 0.2) is 0 Å². The first-order valence-corrected chi connectivity index (χ1v) is 8.40. The number of anilines is 2. The fourth-order valence-corrected chi connectivity index (χ4v) is 2.79. The van der Waals surface area contributed by atoms with Crippen molar-refractivity contribution >= 4 is 40.5 Å². The number of hydrogen-bond donors (Lipinski definition) is 2. The molecule has 2 aromatic rings. The molecule has 0 fully saturated rings. The Hall–Kier alpha value is -1.75. The van der Waals surface area contributed by atoms with Gasteiger partial charge in [-0.15, -0.1) is 0 Å². The summed E-state index contributed by atoms with van der Waals surface area (Å²) in [6.45, 7) is 2.46. The number of carbonyl (C=O) groups excluding carboxylic acids is 1. The molecule has 2 N–H and O–H groups in total. The molecule has 0 aliphatic heterocycles. The van der Waals surface area contributed by atoms with Gasteiger partial charge < -0.3 is 15.4 Å². The summed E-state index contributed by atoms with van der Waals surface area (Å²) in [7, 11) is 1.82. The molecule has 2 aromatic carbocycles. The van der Waals surface area contributed by atoms with Crippen molar-refractivity contribution in [1.82, 2.24) is 5.32 Å². The van der Waals surface area contributed by atoms with Gasteiger partial charge in [-0.05, 0) is 37.7 Å². The summed E-state index contributed by atoms with van der Waals surface area (Å²) in [5.41, 5.74) is 2.20. The quantitative estimate of drug-likeness (QED) is 0.711. The first-order valence-electron chi connectivity index (χ1n) is 7.64. The maximum absolute atomic E-state index is 12.1. The average Bonchev–Trinajstić information content (AvgIpc) is 2.52. The van der Waals surface area contributed by atoms with Gasteiger partial charge in [-0.3, -0.25) is 4.79 Å². The van der Waals surface area contributed by atoms with E-state index in [0.717, 1.165) is 11.3 Å². The minimum atomic E-state index is -0.280. The van der Waals surface area contributed by atoms with Gasteiger partial charge in [0.1, 0.15) is 6.10 Å². The Morgan fingerprint density at radius 2 is 1.79 bits per heavy atom. The molecule has 24 heavy (non-hydrogen) atoms. The van der Waals surface area contributed by atoms with E-state index in [2.05, 4.69) is 10.6 Å². The van der Waals surface area contributed by atoms with E-state index in [1.54, 1.807) is 18.2 Å². The Balaban J connectivity index is 2.14. The Labute approximate surface area is 152 Å². The zero-order valence-electron chi connectivity index (χ0n) is 13.6. The summed E-state index contributed by atoms with van der Waals surface area (Å²) in [5, 5.41) is 7.22. The van der Waals surface area contributed by atoms with Gasteiger partial charge >= 0.3 is 5.97 Å². The summed E-state index contributed by atoms with van der Waals surface area (Å²) >= 11 is 12.4. The van der Waals surface area contributed by atoms with Crippen LogP contribution in [0.1, 0.15) is 12.5 Å². The summed E-state index contributed by atoms with van der Waals surface area (Å²) in [5.74, 6) is -0.280. The smallest absolute Gasteiger partial charge is 0.310 e. The van der Waals surface area contributed by atoms with Crippen LogP contribution in [-0.2, 0) is 16.0 Å². The summed E-state index contributed by atoms with van der Waals surface area (Å²) in [4.78, 5) is 12.1. The number of rotatable bonds is 7. The first kappa shape index (κ1) is 18.6. The Kier molecular flexibility index (Phi) is 6.91. The minimum Gasteiger partial charge on any atom is -0.461 e. The van der Waals surface area contributed by atoms with E-state index in [1.165, 1.54) is 0 Å². The fourth-order valence-electron chi connectivity index (χ4n) is 2.30. The maximum Gasteiger partial charge on any atom is 0.310 e. The number of ether oxygens (including phenoxy) is 1. The first-order chi connectivity index (χ1) is 11.5. The molecule has 2 rings (SSSR count). The number of likely N-dealkylation sites (N-methyl/N-ethyl adjacent to an activating group) is 1. The highest BCUT2D eigenvalue weighted by molar-refractivity contribution is 6.39. The van der Waals surface area contributed by atoms with Gasteiger partial charge in [0.2, 0.25) is 0 Å². The van der Waals surface area contributed by atoms with Crippen molar-refractivity contribution in [1.29, 1.82) is 0 Å². The number of carbonyl (C=O) groups is 1. The molecule has 0 bridgehead atoms. The molecule has 0 saturated heterocycles. The van der Waals surface area contributed by atoms with Crippen molar-refractivity contribution in [3.8, 4) is 0 Å². The van der Waals surface area contributed by atoms with E-state index < -0.39 is 0 Å². The van der Waals surface area contributed by atoms with E-state index in [0.29, 0.717) is 22.3 Å². The predicted octanol–water partition coefficient (Wildman–Crippen LogP) is 4.43. The molecule has 0 amide bonds. The van der Waals surface area contributed by atoms with Crippen LogP contribution >= 0.6 is 23.2 Å². The second-order valence-electron chi connectivity index (χ2n) is 5.41. The van der Waals surface area contributed by atoms with E-state index in [9.17, 15) is 4.79 Å². The normalized spacial score (nSPS) is 11.8. The molecule has 0 radical (unpaired) electrons. The highest BCUT2D eigenvalue weighted by Gasteiger charge is 2.14. The topological polar surface area (TPSA) is 50.4 Å². The van der Waals surface area contributed by atoms with Crippen LogP contribution in [0.15, 0.2) is 42.5 Å². The van der Waals surface area contributed by atoms with Crippen LogP contribution in [0.5, 0.6) is 0 Å². The number of hydrogen-bond acceptors (Lipinski definition) is 4. The fraction of sp³-hybridized carbons (Fsp3) is 0.278. The van der Waals surface area contributed by atoms with Crippen LogP contribution in [0, 0.1) is 0 Å². The van der Waals surface area contributed by atoms with Crippen LogP contribution in [0.4, 0.5) is 11.4 Å². The average molecular weight is 367 g/mol. The van der Waals surface area contributed by atoms with Crippen molar-refractivity contribution in [2.24, 2.45) is 0 Å². The van der Waals surface area contributed by atoms with Crippen LogP contribution in [0.2, 0.25) is 10.0 Å². The van der Waals surface area contributed by atoms with E-state index in [-0.39, 0.29) is 18.5 Å². The largest absolute Gasteiger partial charge is 0.461 e. The third kappa shape index (κ3) is 5.13. The second-order valence-corrected chi connectivity index (χ2v) is 6.23. The van der Waals surface area contributed by atoms with Crippen LogP contribution in [-0.4, -0.2) is 25.7 Å². The van der Waals surface area contributed by atoms with Crippen LogP contribution < -0.4 is 10.6 Å². The van der Waals surface area contributed by atoms with Gasteiger partial charge in [-0.25, -0.2) is 0 Å². The number of para-hydroxylation sites is 2. The van der Waals surface area contributed by atoms with Gasteiger partial charge in [0, 0.05) is 12.2 Å². The molecule has 128 valence electrons. The van der Waals surface area contributed by atoms with Gasteiger partial charge in [-0.2, -0.15) is 0 Å². The SMILES string of the molecule is CNCC(C)OC(=O)Cc1ccccc1Nc1c(Cl)cccc1Cl. The number of halogens is 2. The molecule has 0 aliphatic carbocycles. The molecular formula is C18H20Cl2N2O2. The molecule has 0 saturated carbocycles. The molecule has 6 heteroatoms. The molecule has 1 unspecified atom stereocenters. The molecule has 1 atom stereocenters. The number of esters is 1. The zero-order chi connectivity index (χ0) is 17.5. The molecule has 0 aliphatic rings. The lowest BCUT2D eigenvalue weighted by Gasteiger charge is -2.16. The third-order valence-electron chi connectivity index (χ3n) is 3.40. The lowest BCUT2D eigenvalue weighted by atomic mass is 10.1. The molecule has 0 heterocycles. The molecule has 0 aromatic heterocycles. The third-order valence-corrected chi connectivity index (χ3v) is 4.03. The number of benzene rings is 2. The summed E-state index contributed by atoms with van der Waals surface area (Å²) in [6, 6.07) is 12.8. The summed E-state index contributed by atoms with van der Waals surface area (Å²) < 4.78 is 5.37. The Bertz CT molecular complexity index is 687. The predicted molar refractivity (Wildman–Crippen MR) is 99.4 cm³/mol. The van der Waals surface area contributed by atoms with E-state index in [1.807, 2.05) is 38.2 Å². The van der Waals surface area contributed by atoms with E-state index >= 15 is 0 Å². The Morgan fingerprint density at radius 1 is 1.12 bits per heavy atom. The highest BCUT2D eigenvalue weighted by atomic mass is 35.5. The van der Waals surface area contributed by atoms with Crippen LogP contribution in [0.25, 0.3) is 0 Å². The van der Waals surface area contributed by atoms with Crippen molar-refractivity contribution in [2.75, 3.05) is 18.9 Å². The lowest BCUT2D eigenvalue weighted by Crippen LogP contribution is -2.27. The lowest BCUT2D eigenvalue weighted by molar-refractivity contribution is -0.147. The van der Waals surface area contributed by atoms with Gasteiger partial charge in [-0.1, -0.05) is 47.5 Å². The maximum atomic E-state index is 12.1. The highest BCUT2D eigenvalue weighted by Crippen LogP contribution is 2.33. The monoisotopic (exact) mass is 366 g/mol. The van der Waals surface area contributed by atoms with Crippen LogP contribution in [0.3, 0.4) is 0 Å². The molecular weight excluding hydrogens is 347 g/mol. The van der Waals surface area contributed by atoms with Crippen molar-refractivity contribution < 1.29 is 9.53 Å². The van der Waals surface area contributed by atoms with Crippen molar-refractivity contribution in [3.05, 3.63) is 58.1 Å².